The van der Waals surface area contributed by atoms with E-state index in [1.54, 1.807) is 0 Å². The number of thioether (sulfide) groups is 1. The highest BCUT2D eigenvalue weighted by Gasteiger charge is 2.16. The van der Waals surface area contributed by atoms with E-state index in [9.17, 15) is 0 Å². The molecule has 1 aromatic heterocycles. The molecule has 0 radical (unpaired) electrons. The van der Waals surface area contributed by atoms with Gasteiger partial charge in [-0.2, -0.15) is 11.8 Å². The van der Waals surface area contributed by atoms with Crippen LogP contribution in [0.1, 0.15) is 42.0 Å². The molecule has 3 rings (SSSR count). The Morgan fingerprint density at radius 1 is 1.19 bits per heavy atom. The molecule has 1 saturated carbocycles. The van der Waals surface area contributed by atoms with Crippen LogP contribution in [0.2, 0.25) is 0 Å². The second kappa shape index (κ2) is 7.30. The maximum atomic E-state index is 4.88. The number of halogens is 1. The van der Waals surface area contributed by atoms with Crippen LogP contribution < -0.4 is 0 Å². The molecule has 0 spiro atoms. The van der Waals surface area contributed by atoms with Crippen molar-refractivity contribution in [1.82, 2.24) is 4.98 Å². The zero-order chi connectivity index (χ0) is 14.7. The van der Waals surface area contributed by atoms with E-state index in [0.717, 1.165) is 21.2 Å². The molecule has 1 fully saturated rings. The first-order chi connectivity index (χ1) is 10.2. The Balaban J connectivity index is 1.67. The van der Waals surface area contributed by atoms with Gasteiger partial charge in [0.05, 0.1) is 5.69 Å². The minimum absolute atomic E-state index is 0.860. The van der Waals surface area contributed by atoms with Crippen molar-refractivity contribution in [3.05, 3.63) is 38.6 Å². The molecule has 21 heavy (non-hydrogen) atoms. The Kier molecular flexibility index (Phi) is 5.41. The molecule has 0 amide bonds. The van der Waals surface area contributed by atoms with E-state index < -0.39 is 0 Å². The van der Waals surface area contributed by atoms with E-state index in [1.807, 2.05) is 11.3 Å². The van der Waals surface area contributed by atoms with E-state index in [1.165, 1.54) is 47.6 Å². The summed E-state index contributed by atoms with van der Waals surface area (Å²) in [6.07, 6.45) is 7.06. The van der Waals surface area contributed by atoms with Crippen molar-refractivity contribution in [3.8, 4) is 11.3 Å². The highest BCUT2D eigenvalue weighted by molar-refractivity contribution is 9.10. The summed E-state index contributed by atoms with van der Waals surface area (Å²) in [5.41, 5.74) is 2.38. The Morgan fingerprint density at radius 3 is 2.62 bits per heavy atom. The van der Waals surface area contributed by atoms with Gasteiger partial charge in [0.2, 0.25) is 0 Å². The average Bonchev–Trinajstić information content (AvgIpc) is 2.88. The van der Waals surface area contributed by atoms with Crippen LogP contribution in [0.4, 0.5) is 0 Å². The van der Waals surface area contributed by atoms with E-state index in [2.05, 4.69) is 58.9 Å². The largest absolute Gasteiger partial charge is 0.240 e. The second-order valence-corrected chi connectivity index (χ2v) is 9.08. The van der Waals surface area contributed by atoms with E-state index in [4.69, 9.17) is 4.98 Å². The first-order valence-corrected chi connectivity index (χ1v) is 10.2. The Morgan fingerprint density at radius 2 is 1.90 bits per heavy atom. The van der Waals surface area contributed by atoms with Crippen molar-refractivity contribution in [2.45, 2.75) is 50.0 Å². The molecule has 4 heteroatoms. The van der Waals surface area contributed by atoms with Crippen LogP contribution in [0.3, 0.4) is 0 Å². The van der Waals surface area contributed by atoms with Crippen molar-refractivity contribution < 1.29 is 0 Å². The van der Waals surface area contributed by atoms with Gasteiger partial charge >= 0.3 is 0 Å². The van der Waals surface area contributed by atoms with Crippen molar-refractivity contribution in [2.75, 3.05) is 0 Å². The first-order valence-electron chi connectivity index (χ1n) is 7.56. The molecule has 0 unspecified atom stereocenters. The zero-order valence-electron chi connectivity index (χ0n) is 12.3. The van der Waals surface area contributed by atoms with Gasteiger partial charge < -0.3 is 0 Å². The van der Waals surface area contributed by atoms with Gasteiger partial charge in [-0.05, 0) is 31.9 Å². The lowest BCUT2D eigenvalue weighted by atomic mass is 10.0. The van der Waals surface area contributed by atoms with Crippen molar-refractivity contribution in [3.63, 3.8) is 0 Å². The molecule has 1 aliphatic carbocycles. The minimum atomic E-state index is 0.860. The molecule has 1 aromatic carbocycles. The molecule has 0 N–H and O–H groups in total. The summed E-state index contributed by atoms with van der Waals surface area (Å²) in [6.45, 7) is 2.18. The maximum Gasteiger partial charge on any atom is 0.103 e. The zero-order valence-corrected chi connectivity index (χ0v) is 15.5. The summed E-state index contributed by atoms with van der Waals surface area (Å²) in [5, 5.41) is 2.14. The fourth-order valence-electron chi connectivity index (χ4n) is 2.81. The maximum absolute atomic E-state index is 4.88. The van der Waals surface area contributed by atoms with Gasteiger partial charge in [0, 0.05) is 25.9 Å². The third-order valence-electron chi connectivity index (χ3n) is 3.95. The summed E-state index contributed by atoms with van der Waals surface area (Å²) in [4.78, 5) is 6.21. The average molecular weight is 382 g/mol. The number of nitrogens with zero attached hydrogens (tertiary/aromatic N) is 1. The monoisotopic (exact) mass is 381 g/mol. The predicted molar refractivity (Wildman–Crippen MR) is 98.2 cm³/mol. The Bertz CT molecular complexity index is 585. The predicted octanol–water partition coefficient (Wildman–Crippen LogP) is 6.45. The SMILES string of the molecule is Cc1sc(CSC2CCCCC2)nc1-c1ccc(Br)cc1. The molecular formula is C17H20BrNS2. The summed E-state index contributed by atoms with van der Waals surface area (Å²) >= 11 is 7.46. The summed E-state index contributed by atoms with van der Waals surface area (Å²) < 4.78 is 1.12. The third kappa shape index (κ3) is 4.11. The number of aryl methyl sites for hydroxylation is 1. The fourth-order valence-corrected chi connectivity index (χ4v) is 5.37. The van der Waals surface area contributed by atoms with E-state index in [0.29, 0.717) is 0 Å². The number of hydrogen-bond acceptors (Lipinski definition) is 3. The second-order valence-electron chi connectivity index (χ2n) is 5.59. The van der Waals surface area contributed by atoms with Crippen LogP contribution in [0.25, 0.3) is 11.3 Å². The number of hydrogen-bond donors (Lipinski definition) is 0. The fraction of sp³-hybridized carbons (Fsp3) is 0.471. The highest BCUT2D eigenvalue weighted by Crippen LogP contribution is 2.34. The summed E-state index contributed by atoms with van der Waals surface area (Å²) in [5.74, 6) is 1.08. The molecule has 112 valence electrons. The molecule has 1 nitrogen and oxygen atoms in total. The molecule has 2 aromatic rings. The van der Waals surface area contributed by atoms with Gasteiger partial charge in [0.25, 0.3) is 0 Å². The molecule has 1 heterocycles. The lowest BCUT2D eigenvalue weighted by molar-refractivity contribution is 0.516. The van der Waals surface area contributed by atoms with Crippen molar-refractivity contribution >= 4 is 39.0 Å². The van der Waals surface area contributed by atoms with Crippen LogP contribution >= 0.6 is 39.0 Å². The molecule has 0 atom stereocenters. The number of thiazole rings is 1. The number of aromatic nitrogens is 1. The molecule has 0 saturated heterocycles. The smallest absolute Gasteiger partial charge is 0.103 e. The van der Waals surface area contributed by atoms with Crippen molar-refractivity contribution in [1.29, 1.82) is 0 Å². The Labute approximate surface area is 143 Å². The van der Waals surface area contributed by atoms with Crippen LogP contribution in [-0.4, -0.2) is 10.2 Å². The Hall–Kier alpha value is -0.320. The van der Waals surface area contributed by atoms with Crippen LogP contribution in [0.5, 0.6) is 0 Å². The van der Waals surface area contributed by atoms with Crippen LogP contribution in [-0.2, 0) is 5.75 Å². The van der Waals surface area contributed by atoms with Gasteiger partial charge in [0.15, 0.2) is 0 Å². The van der Waals surface area contributed by atoms with E-state index in [-0.39, 0.29) is 0 Å². The van der Waals surface area contributed by atoms with Gasteiger partial charge in [-0.1, -0.05) is 47.3 Å². The van der Waals surface area contributed by atoms with E-state index >= 15 is 0 Å². The van der Waals surface area contributed by atoms with Gasteiger partial charge in [-0.15, -0.1) is 11.3 Å². The van der Waals surface area contributed by atoms with Gasteiger partial charge in [0.1, 0.15) is 5.01 Å². The van der Waals surface area contributed by atoms with Crippen LogP contribution in [0, 0.1) is 6.92 Å². The topological polar surface area (TPSA) is 12.9 Å². The first kappa shape index (κ1) is 15.6. The standard InChI is InChI=1S/C17H20BrNS2/c1-12-17(13-7-9-14(18)10-8-13)19-16(21-12)11-20-15-5-3-2-4-6-15/h7-10,15H,2-6,11H2,1H3. The summed E-state index contributed by atoms with van der Waals surface area (Å²) in [7, 11) is 0. The molecule has 1 aliphatic rings. The molecular weight excluding hydrogens is 362 g/mol. The quantitative estimate of drug-likeness (QED) is 0.603. The van der Waals surface area contributed by atoms with Gasteiger partial charge in [-0.3, -0.25) is 0 Å². The van der Waals surface area contributed by atoms with Crippen molar-refractivity contribution in [2.24, 2.45) is 0 Å². The normalized spacial score (nSPS) is 16.3. The number of rotatable bonds is 4. The lowest BCUT2D eigenvalue weighted by Gasteiger charge is -2.20. The molecule has 0 aliphatic heterocycles. The van der Waals surface area contributed by atoms with Crippen LogP contribution in [0.15, 0.2) is 28.7 Å². The third-order valence-corrected chi connectivity index (χ3v) is 7.02. The summed E-state index contributed by atoms with van der Waals surface area (Å²) in [6, 6.07) is 8.46. The highest BCUT2D eigenvalue weighted by atomic mass is 79.9. The minimum Gasteiger partial charge on any atom is -0.240 e. The molecule has 0 bridgehead atoms. The number of benzene rings is 1. The van der Waals surface area contributed by atoms with Gasteiger partial charge in [-0.25, -0.2) is 4.98 Å². The lowest BCUT2D eigenvalue weighted by Crippen LogP contribution is -2.08.